The summed E-state index contributed by atoms with van der Waals surface area (Å²) in [5, 5.41) is 0.963. The smallest absolute Gasteiger partial charge is 0.152 e. The molecule has 0 unspecified atom stereocenters. The molecule has 2 aromatic carbocycles. The highest BCUT2D eigenvalue weighted by Gasteiger charge is 2.15. The van der Waals surface area contributed by atoms with Gasteiger partial charge >= 0.3 is 0 Å². The number of carbonyl (C=O) groups excluding carboxylic acids is 1. The Bertz CT molecular complexity index is 865. The lowest BCUT2D eigenvalue weighted by Gasteiger charge is -2.14. The fourth-order valence-electron chi connectivity index (χ4n) is 3.38. The third kappa shape index (κ3) is 3.60. The van der Waals surface area contributed by atoms with Gasteiger partial charge in [-0.2, -0.15) is 0 Å². The summed E-state index contributed by atoms with van der Waals surface area (Å²) < 4.78 is 8.21. The third-order valence-electron chi connectivity index (χ3n) is 4.68. The lowest BCUT2D eigenvalue weighted by Crippen LogP contribution is -2.10. The molecule has 0 amide bonds. The zero-order chi connectivity index (χ0) is 17.8. The highest BCUT2D eigenvalue weighted by molar-refractivity contribution is 6.00. The Morgan fingerprint density at radius 1 is 1.16 bits per heavy atom. The molecular weight excluding hydrogens is 310 g/mol. The quantitative estimate of drug-likeness (QED) is 0.543. The van der Waals surface area contributed by atoms with Crippen molar-refractivity contribution in [2.24, 2.45) is 0 Å². The first-order chi connectivity index (χ1) is 12.1. The van der Waals surface area contributed by atoms with Crippen LogP contribution in [0.3, 0.4) is 0 Å². The predicted octanol–water partition coefficient (Wildman–Crippen LogP) is 5.38. The summed E-state index contributed by atoms with van der Waals surface area (Å²) in [5.74, 6) is 0.827. The molecule has 0 spiro atoms. The van der Waals surface area contributed by atoms with Crippen LogP contribution in [0.4, 0.5) is 0 Å². The molecule has 0 N–H and O–H groups in total. The molecule has 0 bridgehead atoms. The summed E-state index contributed by atoms with van der Waals surface area (Å²) >= 11 is 0. The average Bonchev–Trinajstić information content (AvgIpc) is 2.87. The van der Waals surface area contributed by atoms with E-state index in [4.69, 9.17) is 4.74 Å². The van der Waals surface area contributed by atoms with Gasteiger partial charge in [0, 0.05) is 28.7 Å². The highest BCUT2D eigenvalue weighted by atomic mass is 16.5. The number of aromatic nitrogens is 1. The molecule has 3 rings (SSSR count). The van der Waals surface area contributed by atoms with Gasteiger partial charge in [0.2, 0.25) is 0 Å². The summed E-state index contributed by atoms with van der Waals surface area (Å²) in [4.78, 5) is 11.7. The largest absolute Gasteiger partial charge is 0.491 e. The fourth-order valence-corrected chi connectivity index (χ4v) is 3.38. The van der Waals surface area contributed by atoms with Gasteiger partial charge in [0.1, 0.15) is 5.75 Å². The van der Waals surface area contributed by atoms with Crippen LogP contribution in [0.2, 0.25) is 0 Å². The maximum absolute atomic E-state index is 11.7. The van der Waals surface area contributed by atoms with Crippen molar-refractivity contribution in [3.63, 3.8) is 0 Å². The van der Waals surface area contributed by atoms with Crippen molar-refractivity contribution < 1.29 is 9.53 Å². The molecule has 3 nitrogen and oxygen atoms in total. The maximum Gasteiger partial charge on any atom is 0.152 e. The summed E-state index contributed by atoms with van der Waals surface area (Å²) in [6.07, 6.45) is 3.25. The van der Waals surface area contributed by atoms with Crippen molar-refractivity contribution in [3.05, 3.63) is 65.4 Å². The molecule has 3 aromatic rings. The van der Waals surface area contributed by atoms with Crippen LogP contribution in [-0.4, -0.2) is 17.0 Å². The van der Waals surface area contributed by atoms with Crippen molar-refractivity contribution in [1.82, 2.24) is 4.57 Å². The van der Waals surface area contributed by atoms with Gasteiger partial charge in [-0.15, -0.1) is 0 Å². The first-order valence-corrected chi connectivity index (χ1v) is 8.92. The maximum atomic E-state index is 11.7. The molecule has 0 saturated heterocycles. The molecule has 1 aromatic heterocycles. The zero-order valence-electron chi connectivity index (χ0n) is 15.2. The summed E-state index contributed by atoms with van der Waals surface area (Å²) in [6.45, 7) is 7.00. The minimum atomic E-state index is 0.176. The third-order valence-corrected chi connectivity index (χ3v) is 4.68. The van der Waals surface area contributed by atoms with Crippen molar-refractivity contribution in [2.45, 2.75) is 46.3 Å². The Balaban J connectivity index is 2.01. The Kier molecular flexibility index (Phi) is 5.22. The van der Waals surface area contributed by atoms with E-state index in [1.54, 1.807) is 0 Å². The SMILES string of the molecule is CCC[C@H](C)Oc1ccc2c(c1)c(C=O)c(C)n2Cc1ccccc1. The number of ether oxygens (including phenoxy) is 1. The van der Waals surface area contributed by atoms with Gasteiger partial charge < -0.3 is 9.30 Å². The number of aldehydes is 1. The molecular formula is C22H25NO2. The van der Waals surface area contributed by atoms with Gasteiger partial charge in [0.15, 0.2) is 6.29 Å². The Morgan fingerprint density at radius 2 is 1.92 bits per heavy atom. The highest BCUT2D eigenvalue weighted by Crippen LogP contribution is 2.29. The van der Waals surface area contributed by atoms with Gasteiger partial charge in [-0.1, -0.05) is 43.7 Å². The van der Waals surface area contributed by atoms with Crippen LogP contribution in [0.15, 0.2) is 48.5 Å². The lowest BCUT2D eigenvalue weighted by atomic mass is 10.1. The van der Waals surface area contributed by atoms with Gasteiger partial charge in [0.25, 0.3) is 0 Å². The topological polar surface area (TPSA) is 31.2 Å². The molecule has 0 aliphatic rings. The Hall–Kier alpha value is -2.55. The minimum absolute atomic E-state index is 0.176. The molecule has 1 heterocycles. The molecule has 0 saturated carbocycles. The van der Waals surface area contributed by atoms with E-state index in [1.807, 2.05) is 37.3 Å². The molecule has 25 heavy (non-hydrogen) atoms. The number of fused-ring (bicyclic) bond motifs is 1. The number of nitrogens with zero attached hydrogens (tertiary/aromatic N) is 1. The van der Waals surface area contributed by atoms with Crippen LogP contribution in [0.5, 0.6) is 5.75 Å². The van der Waals surface area contributed by atoms with Crippen LogP contribution in [0.1, 0.15) is 48.3 Å². The molecule has 0 radical (unpaired) electrons. The predicted molar refractivity (Wildman–Crippen MR) is 103 cm³/mol. The number of hydrogen-bond donors (Lipinski definition) is 0. The Morgan fingerprint density at radius 3 is 2.60 bits per heavy atom. The van der Waals surface area contributed by atoms with Crippen LogP contribution in [0.25, 0.3) is 10.9 Å². The van der Waals surface area contributed by atoms with Gasteiger partial charge in [-0.25, -0.2) is 0 Å². The van der Waals surface area contributed by atoms with E-state index >= 15 is 0 Å². The van der Waals surface area contributed by atoms with E-state index in [9.17, 15) is 4.79 Å². The molecule has 1 atom stereocenters. The first-order valence-electron chi connectivity index (χ1n) is 8.92. The lowest BCUT2D eigenvalue weighted by molar-refractivity contribution is 0.112. The van der Waals surface area contributed by atoms with Crippen LogP contribution >= 0.6 is 0 Å². The molecule has 0 fully saturated rings. The Labute approximate surface area is 149 Å². The normalized spacial score (nSPS) is 12.3. The van der Waals surface area contributed by atoms with E-state index in [0.29, 0.717) is 0 Å². The summed E-state index contributed by atoms with van der Waals surface area (Å²) in [6, 6.07) is 16.4. The zero-order valence-corrected chi connectivity index (χ0v) is 15.2. The van der Waals surface area contributed by atoms with Gasteiger partial charge in [-0.05, 0) is 44.0 Å². The average molecular weight is 335 g/mol. The van der Waals surface area contributed by atoms with E-state index < -0.39 is 0 Å². The van der Waals surface area contributed by atoms with Crippen molar-refractivity contribution in [1.29, 1.82) is 0 Å². The number of carbonyl (C=O) groups is 1. The minimum Gasteiger partial charge on any atom is -0.491 e. The van der Waals surface area contributed by atoms with Gasteiger partial charge in [-0.3, -0.25) is 4.79 Å². The standard InChI is InChI=1S/C22H25NO2/c1-4-8-16(2)25-19-11-12-22-20(13-19)21(15-24)17(3)23(22)14-18-9-6-5-7-10-18/h5-7,9-13,15-16H,4,8,14H2,1-3H3/t16-/m0/s1. The van der Waals surface area contributed by atoms with E-state index in [0.717, 1.165) is 53.6 Å². The van der Waals surface area contributed by atoms with Crippen molar-refractivity contribution in [3.8, 4) is 5.75 Å². The van der Waals surface area contributed by atoms with Crippen molar-refractivity contribution >= 4 is 17.2 Å². The van der Waals surface area contributed by atoms with E-state index in [2.05, 4.69) is 36.6 Å². The summed E-state index contributed by atoms with van der Waals surface area (Å²) in [7, 11) is 0. The second kappa shape index (κ2) is 7.56. The molecule has 130 valence electrons. The monoisotopic (exact) mass is 335 g/mol. The number of benzene rings is 2. The van der Waals surface area contributed by atoms with Crippen LogP contribution in [0, 0.1) is 6.92 Å². The van der Waals surface area contributed by atoms with Gasteiger partial charge in [0.05, 0.1) is 6.10 Å². The first kappa shape index (κ1) is 17.3. The number of hydrogen-bond acceptors (Lipinski definition) is 2. The van der Waals surface area contributed by atoms with Crippen molar-refractivity contribution in [2.75, 3.05) is 0 Å². The summed E-state index contributed by atoms with van der Waals surface area (Å²) in [5.41, 5.74) is 4.03. The van der Waals surface area contributed by atoms with E-state index in [-0.39, 0.29) is 6.10 Å². The molecule has 3 heteroatoms. The van der Waals surface area contributed by atoms with E-state index in [1.165, 1.54) is 5.56 Å². The molecule has 0 aliphatic carbocycles. The van der Waals surface area contributed by atoms with Crippen LogP contribution in [-0.2, 0) is 6.54 Å². The fraction of sp³-hybridized carbons (Fsp3) is 0.318. The molecule has 0 aliphatic heterocycles. The van der Waals surface area contributed by atoms with Crippen LogP contribution < -0.4 is 4.74 Å². The second-order valence-electron chi connectivity index (χ2n) is 6.58. The second-order valence-corrected chi connectivity index (χ2v) is 6.58. The number of rotatable bonds is 7.